The summed E-state index contributed by atoms with van der Waals surface area (Å²) in [6, 6.07) is 14.1. The molecule has 0 bridgehead atoms. The topological polar surface area (TPSA) is 80.7 Å². The van der Waals surface area contributed by atoms with Crippen molar-refractivity contribution in [2.24, 2.45) is 4.99 Å². The average Bonchev–Trinajstić information content (AvgIpc) is 2.97. The van der Waals surface area contributed by atoms with Crippen LogP contribution in [0.5, 0.6) is 0 Å². The van der Waals surface area contributed by atoms with Crippen LogP contribution < -0.4 is 21.3 Å². The Bertz CT molecular complexity index is 1020. The number of rotatable bonds is 7. The van der Waals surface area contributed by atoms with E-state index in [4.69, 9.17) is 0 Å². The van der Waals surface area contributed by atoms with Crippen molar-refractivity contribution in [3.8, 4) is 0 Å². The van der Waals surface area contributed by atoms with E-state index in [1.807, 2.05) is 31.2 Å². The van der Waals surface area contributed by atoms with Crippen LogP contribution in [0.3, 0.4) is 0 Å². The first kappa shape index (κ1) is 23.2. The zero-order valence-electron chi connectivity index (χ0n) is 17.8. The van der Waals surface area contributed by atoms with Crippen molar-refractivity contribution in [2.45, 2.75) is 25.6 Å². The highest BCUT2D eigenvalue weighted by Gasteiger charge is 2.37. The van der Waals surface area contributed by atoms with Gasteiger partial charge in [0.1, 0.15) is 0 Å². The zero-order chi connectivity index (χ0) is 23.1. The van der Waals surface area contributed by atoms with Crippen molar-refractivity contribution in [3.05, 3.63) is 83.3 Å². The van der Waals surface area contributed by atoms with Crippen molar-refractivity contribution in [1.29, 1.82) is 0 Å². The number of benzene rings is 2. The van der Waals surface area contributed by atoms with Crippen LogP contribution in [-0.2, 0) is 0 Å². The van der Waals surface area contributed by atoms with Gasteiger partial charge in [0.2, 0.25) is 5.96 Å². The molecule has 5 N–H and O–H groups in total. The molecule has 0 saturated carbocycles. The van der Waals surface area contributed by atoms with Gasteiger partial charge < -0.3 is 26.4 Å². The molecule has 0 saturated heterocycles. The lowest BCUT2D eigenvalue weighted by atomic mass is 10.0. The molecule has 1 unspecified atom stereocenters. The Hall–Kier alpha value is -3.46. The second-order valence-electron chi connectivity index (χ2n) is 7.25. The number of hydrogen-bond acceptors (Lipinski definition) is 6. The lowest BCUT2D eigenvalue weighted by molar-refractivity contribution is -0.0901. The third-order valence-corrected chi connectivity index (χ3v) is 4.99. The van der Waals surface area contributed by atoms with E-state index in [0.29, 0.717) is 5.69 Å². The van der Waals surface area contributed by atoms with Crippen LogP contribution in [-0.4, -0.2) is 30.9 Å². The Balaban J connectivity index is 1.87. The van der Waals surface area contributed by atoms with E-state index in [-0.39, 0.29) is 24.7 Å². The molecule has 0 fully saturated rings. The molecule has 2 aromatic carbocycles. The van der Waals surface area contributed by atoms with Crippen LogP contribution in [0.4, 0.5) is 24.5 Å². The van der Waals surface area contributed by atoms with Crippen LogP contribution in [0.2, 0.25) is 0 Å². The van der Waals surface area contributed by atoms with Crippen molar-refractivity contribution in [1.82, 2.24) is 10.6 Å². The Kier molecular flexibility index (Phi) is 7.42. The number of anilines is 2. The molecule has 1 heterocycles. The SMILES string of the molecule is CNc1cc(NC2=NC=C(C(F)(F)F)C(NC(CCO)c3ccccc3)=CN2)ccc1C. The molecule has 0 aromatic heterocycles. The summed E-state index contributed by atoms with van der Waals surface area (Å²) in [4.78, 5) is 3.97. The molecule has 0 spiro atoms. The number of aliphatic hydroxyl groups excluding tert-OH is 1. The number of alkyl halides is 3. The Morgan fingerprint density at radius 3 is 2.53 bits per heavy atom. The van der Waals surface area contributed by atoms with Crippen LogP contribution in [0, 0.1) is 6.92 Å². The smallest absolute Gasteiger partial charge is 0.396 e. The van der Waals surface area contributed by atoms with Gasteiger partial charge in [-0.3, -0.25) is 0 Å². The highest BCUT2D eigenvalue weighted by atomic mass is 19.4. The van der Waals surface area contributed by atoms with Crippen LogP contribution in [0.1, 0.15) is 23.6 Å². The summed E-state index contributed by atoms with van der Waals surface area (Å²) in [5, 5.41) is 21.2. The minimum Gasteiger partial charge on any atom is -0.396 e. The van der Waals surface area contributed by atoms with Gasteiger partial charge in [-0.05, 0) is 36.6 Å². The second-order valence-corrected chi connectivity index (χ2v) is 7.25. The molecule has 9 heteroatoms. The van der Waals surface area contributed by atoms with E-state index in [9.17, 15) is 18.3 Å². The molecular weight excluding hydrogens is 419 g/mol. The fourth-order valence-electron chi connectivity index (χ4n) is 3.30. The van der Waals surface area contributed by atoms with E-state index in [2.05, 4.69) is 26.3 Å². The largest absolute Gasteiger partial charge is 0.419 e. The summed E-state index contributed by atoms with van der Waals surface area (Å²) in [7, 11) is 1.79. The fourth-order valence-corrected chi connectivity index (χ4v) is 3.30. The first-order chi connectivity index (χ1) is 15.3. The molecule has 1 aliphatic heterocycles. The number of nitrogens with zero attached hydrogens (tertiary/aromatic N) is 1. The molecule has 6 nitrogen and oxygen atoms in total. The van der Waals surface area contributed by atoms with Crippen molar-refractivity contribution in [3.63, 3.8) is 0 Å². The van der Waals surface area contributed by atoms with Gasteiger partial charge in [0.15, 0.2) is 0 Å². The maximum absolute atomic E-state index is 13.8. The maximum Gasteiger partial charge on any atom is 0.419 e. The number of aliphatic hydroxyl groups is 1. The zero-order valence-corrected chi connectivity index (χ0v) is 17.8. The molecule has 170 valence electrons. The average molecular weight is 445 g/mol. The standard InChI is InChI=1S/C23H26F3N5O/c1-15-8-9-17(12-20(15)27-2)30-22-28-13-18(23(24,25)26)21(14-29-22)31-19(10-11-32)16-6-4-3-5-7-16/h3-9,12-14,19,27,31-32H,10-11H2,1-2H3,(H2,28,29,30). The third kappa shape index (κ3) is 5.82. The van der Waals surface area contributed by atoms with E-state index in [1.165, 1.54) is 6.20 Å². The van der Waals surface area contributed by atoms with Gasteiger partial charge in [-0.1, -0.05) is 36.4 Å². The molecule has 1 aliphatic rings. The minimum absolute atomic E-state index is 0.146. The van der Waals surface area contributed by atoms with Gasteiger partial charge >= 0.3 is 6.18 Å². The fraction of sp³-hybridized carbons (Fsp3) is 0.261. The Morgan fingerprint density at radius 1 is 1.12 bits per heavy atom. The Labute approximate surface area is 185 Å². The lowest BCUT2D eigenvalue weighted by Crippen LogP contribution is -2.30. The summed E-state index contributed by atoms with van der Waals surface area (Å²) in [5.41, 5.74) is 2.28. The van der Waals surface area contributed by atoms with Crippen molar-refractivity contribution < 1.29 is 18.3 Å². The van der Waals surface area contributed by atoms with E-state index >= 15 is 0 Å². The number of halogens is 3. The van der Waals surface area contributed by atoms with E-state index < -0.39 is 17.8 Å². The summed E-state index contributed by atoms with van der Waals surface area (Å²) in [6.45, 7) is 1.77. The van der Waals surface area contributed by atoms with Crippen molar-refractivity contribution >= 4 is 17.3 Å². The van der Waals surface area contributed by atoms with Gasteiger partial charge in [0.05, 0.1) is 17.3 Å². The highest BCUT2D eigenvalue weighted by molar-refractivity contribution is 5.95. The third-order valence-electron chi connectivity index (χ3n) is 4.99. The number of aryl methyl sites for hydroxylation is 1. The first-order valence-corrected chi connectivity index (χ1v) is 10.1. The molecule has 32 heavy (non-hydrogen) atoms. The van der Waals surface area contributed by atoms with E-state index in [1.54, 1.807) is 31.3 Å². The summed E-state index contributed by atoms with van der Waals surface area (Å²) < 4.78 is 41.4. The quantitative estimate of drug-likeness (QED) is 0.436. The number of aliphatic imine (C=N–C) groups is 1. The Morgan fingerprint density at radius 2 is 1.88 bits per heavy atom. The van der Waals surface area contributed by atoms with Gasteiger partial charge in [0.25, 0.3) is 0 Å². The molecule has 1 atom stereocenters. The molecule has 3 rings (SSSR count). The number of hydrogen-bond donors (Lipinski definition) is 5. The monoisotopic (exact) mass is 445 g/mol. The van der Waals surface area contributed by atoms with Gasteiger partial charge in [-0.25, -0.2) is 4.99 Å². The molecule has 0 aliphatic carbocycles. The summed E-state index contributed by atoms with van der Waals surface area (Å²) in [6.07, 6.45) is -2.36. The number of nitrogens with one attached hydrogen (secondary N) is 4. The van der Waals surface area contributed by atoms with Crippen molar-refractivity contribution in [2.75, 3.05) is 24.3 Å². The highest BCUT2D eigenvalue weighted by Crippen LogP contribution is 2.32. The summed E-state index contributed by atoms with van der Waals surface area (Å²) >= 11 is 0. The summed E-state index contributed by atoms with van der Waals surface area (Å²) in [5.74, 6) is 0.146. The number of guanidine groups is 1. The van der Waals surface area contributed by atoms with Gasteiger partial charge in [0, 0.05) is 37.4 Å². The molecule has 0 radical (unpaired) electrons. The molecule has 2 aromatic rings. The minimum atomic E-state index is -4.62. The van der Waals surface area contributed by atoms with Crippen LogP contribution in [0.15, 0.2) is 77.2 Å². The predicted molar refractivity (Wildman–Crippen MR) is 121 cm³/mol. The number of allylic oxidation sites excluding steroid dienone is 1. The second kappa shape index (κ2) is 10.2. The van der Waals surface area contributed by atoms with Crippen LogP contribution >= 0.6 is 0 Å². The van der Waals surface area contributed by atoms with E-state index in [0.717, 1.165) is 23.0 Å². The first-order valence-electron chi connectivity index (χ1n) is 10.1. The van der Waals surface area contributed by atoms with Gasteiger partial charge in [-0.15, -0.1) is 0 Å². The lowest BCUT2D eigenvalue weighted by Gasteiger charge is -2.23. The normalized spacial score (nSPS) is 14.9. The predicted octanol–water partition coefficient (Wildman–Crippen LogP) is 4.41. The molecule has 0 amide bonds. The van der Waals surface area contributed by atoms with Gasteiger partial charge in [-0.2, -0.15) is 13.2 Å². The maximum atomic E-state index is 13.8. The van der Waals surface area contributed by atoms with Crippen LogP contribution in [0.25, 0.3) is 0 Å². The molecular formula is C23H26F3N5O.